The molecule has 1 amide bonds. The lowest BCUT2D eigenvalue weighted by molar-refractivity contribution is -0.145. The third kappa shape index (κ3) is 4.97. The van der Waals surface area contributed by atoms with E-state index in [0.29, 0.717) is 6.61 Å². The number of hydrogen-bond acceptors (Lipinski definition) is 4. The van der Waals surface area contributed by atoms with Gasteiger partial charge in [-0.2, -0.15) is 0 Å². The zero-order valence-electron chi connectivity index (χ0n) is 10.6. The molecule has 1 atom stereocenters. The standard InChI is InChI=1S/C13H18N2O3/c1-3-18-13(17)10(2)14-9-12(16)15-11-7-5-4-6-8-11/h4-8,10,14H,3,9H2,1-2H3,(H,15,16). The minimum atomic E-state index is -0.494. The van der Waals surface area contributed by atoms with E-state index in [9.17, 15) is 9.59 Å². The highest BCUT2D eigenvalue weighted by molar-refractivity contribution is 5.92. The van der Waals surface area contributed by atoms with Gasteiger partial charge in [0.15, 0.2) is 0 Å². The monoisotopic (exact) mass is 250 g/mol. The van der Waals surface area contributed by atoms with Gasteiger partial charge in [0.05, 0.1) is 13.2 Å². The summed E-state index contributed by atoms with van der Waals surface area (Å²) in [5.74, 6) is -0.553. The van der Waals surface area contributed by atoms with Crippen LogP contribution in [0.2, 0.25) is 0 Å². The number of amides is 1. The number of rotatable bonds is 6. The first kappa shape index (κ1) is 14.2. The topological polar surface area (TPSA) is 67.4 Å². The molecule has 0 heterocycles. The van der Waals surface area contributed by atoms with Crippen molar-refractivity contribution in [2.45, 2.75) is 19.9 Å². The van der Waals surface area contributed by atoms with Crippen molar-refractivity contribution in [3.05, 3.63) is 30.3 Å². The van der Waals surface area contributed by atoms with Crippen LogP contribution in [0.3, 0.4) is 0 Å². The molecule has 98 valence electrons. The average Bonchev–Trinajstić information content (AvgIpc) is 2.37. The summed E-state index contributed by atoms with van der Waals surface area (Å²) in [7, 11) is 0. The molecular weight excluding hydrogens is 232 g/mol. The second-order valence-electron chi connectivity index (χ2n) is 3.77. The molecule has 5 nitrogen and oxygen atoms in total. The molecular formula is C13H18N2O3. The van der Waals surface area contributed by atoms with Gasteiger partial charge in [-0.05, 0) is 26.0 Å². The van der Waals surface area contributed by atoms with Gasteiger partial charge in [-0.25, -0.2) is 0 Å². The van der Waals surface area contributed by atoms with Crippen molar-refractivity contribution in [1.29, 1.82) is 0 Å². The SMILES string of the molecule is CCOC(=O)C(C)NCC(=O)Nc1ccccc1. The number of esters is 1. The number of carbonyl (C=O) groups excluding carboxylic acids is 2. The Morgan fingerprint density at radius 3 is 2.56 bits per heavy atom. The van der Waals surface area contributed by atoms with Gasteiger partial charge in [-0.3, -0.25) is 14.9 Å². The van der Waals surface area contributed by atoms with Crippen LogP contribution in [0.4, 0.5) is 5.69 Å². The average molecular weight is 250 g/mol. The van der Waals surface area contributed by atoms with Crippen molar-refractivity contribution >= 4 is 17.6 Å². The number of benzene rings is 1. The summed E-state index contributed by atoms with van der Waals surface area (Å²) in [5.41, 5.74) is 0.730. The molecule has 2 N–H and O–H groups in total. The number of para-hydroxylation sites is 1. The molecule has 0 aliphatic heterocycles. The maximum atomic E-state index is 11.6. The number of ether oxygens (including phenoxy) is 1. The van der Waals surface area contributed by atoms with E-state index in [2.05, 4.69) is 10.6 Å². The van der Waals surface area contributed by atoms with E-state index in [1.807, 2.05) is 18.2 Å². The Bertz CT molecular complexity index is 392. The highest BCUT2D eigenvalue weighted by Crippen LogP contribution is 2.04. The van der Waals surface area contributed by atoms with E-state index >= 15 is 0 Å². The number of carbonyl (C=O) groups is 2. The first-order valence-corrected chi connectivity index (χ1v) is 5.88. The third-order valence-corrected chi connectivity index (χ3v) is 2.27. The van der Waals surface area contributed by atoms with Gasteiger partial charge in [0, 0.05) is 5.69 Å². The van der Waals surface area contributed by atoms with E-state index in [4.69, 9.17) is 4.74 Å². The lowest BCUT2D eigenvalue weighted by Crippen LogP contribution is -2.40. The summed E-state index contributed by atoms with van der Waals surface area (Å²) in [6.45, 7) is 3.80. The zero-order valence-corrected chi connectivity index (χ0v) is 10.6. The molecule has 0 bridgehead atoms. The van der Waals surface area contributed by atoms with Gasteiger partial charge in [0.1, 0.15) is 6.04 Å². The summed E-state index contributed by atoms with van der Waals surface area (Å²) in [5, 5.41) is 5.52. The van der Waals surface area contributed by atoms with Crippen molar-refractivity contribution < 1.29 is 14.3 Å². The Kier molecular flexibility index (Phi) is 5.87. The molecule has 5 heteroatoms. The van der Waals surface area contributed by atoms with Crippen molar-refractivity contribution in [3.63, 3.8) is 0 Å². The first-order chi connectivity index (χ1) is 8.63. The van der Waals surface area contributed by atoms with Crippen molar-refractivity contribution in [2.24, 2.45) is 0 Å². The number of anilines is 1. The van der Waals surface area contributed by atoms with Gasteiger partial charge in [-0.1, -0.05) is 18.2 Å². The number of nitrogens with one attached hydrogen (secondary N) is 2. The van der Waals surface area contributed by atoms with Crippen LogP contribution in [-0.4, -0.2) is 31.1 Å². The molecule has 0 saturated carbocycles. The summed E-state index contributed by atoms with van der Waals surface area (Å²) < 4.78 is 4.82. The summed E-state index contributed by atoms with van der Waals surface area (Å²) in [4.78, 5) is 22.9. The maximum absolute atomic E-state index is 11.6. The molecule has 1 aromatic rings. The molecule has 0 spiro atoms. The van der Waals surface area contributed by atoms with Crippen LogP contribution in [0.1, 0.15) is 13.8 Å². The molecule has 18 heavy (non-hydrogen) atoms. The minimum Gasteiger partial charge on any atom is -0.465 e. The largest absolute Gasteiger partial charge is 0.465 e. The fraction of sp³-hybridized carbons (Fsp3) is 0.385. The number of hydrogen-bond donors (Lipinski definition) is 2. The normalized spacial score (nSPS) is 11.7. The third-order valence-electron chi connectivity index (χ3n) is 2.27. The van der Waals surface area contributed by atoms with E-state index in [1.54, 1.807) is 26.0 Å². The minimum absolute atomic E-state index is 0.0644. The van der Waals surface area contributed by atoms with Gasteiger partial charge >= 0.3 is 5.97 Å². The highest BCUT2D eigenvalue weighted by Gasteiger charge is 2.14. The van der Waals surface area contributed by atoms with Crippen LogP contribution in [0.15, 0.2) is 30.3 Å². The van der Waals surface area contributed by atoms with E-state index in [1.165, 1.54) is 0 Å². The summed E-state index contributed by atoms with van der Waals surface area (Å²) in [6.07, 6.45) is 0. The highest BCUT2D eigenvalue weighted by atomic mass is 16.5. The fourth-order valence-corrected chi connectivity index (χ4v) is 1.32. The van der Waals surface area contributed by atoms with Crippen LogP contribution >= 0.6 is 0 Å². The van der Waals surface area contributed by atoms with Gasteiger partial charge in [0.25, 0.3) is 0 Å². The van der Waals surface area contributed by atoms with Gasteiger partial charge in [0.2, 0.25) is 5.91 Å². The molecule has 0 aliphatic rings. The van der Waals surface area contributed by atoms with E-state index in [-0.39, 0.29) is 18.4 Å². The predicted molar refractivity (Wildman–Crippen MR) is 69.2 cm³/mol. The molecule has 0 saturated heterocycles. The molecule has 1 rings (SSSR count). The quantitative estimate of drug-likeness (QED) is 0.744. The second kappa shape index (κ2) is 7.45. The Hall–Kier alpha value is -1.88. The van der Waals surface area contributed by atoms with Crippen LogP contribution in [0.5, 0.6) is 0 Å². The Morgan fingerprint density at radius 2 is 1.94 bits per heavy atom. The van der Waals surface area contributed by atoms with Crippen molar-refractivity contribution in [1.82, 2.24) is 5.32 Å². The van der Waals surface area contributed by atoms with Crippen LogP contribution < -0.4 is 10.6 Å². The molecule has 0 aromatic heterocycles. The first-order valence-electron chi connectivity index (χ1n) is 5.88. The van der Waals surface area contributed by atoms with Gasteiger partial charge < -0.3 is 10.1 Å². The van der Waals surface area contributed by atoms with Crippen molar-refractivity contribution in [2.75, 3.05) is 18.5 Å². The second-order valence-corrected chi connectivity index (χ2v) is 3.77. The molecule has 0 aliphatic carbocycles. The Labute approximate surface area is 107 Å². The van der Waals surface area contributed by atoms with Crippen LogP contribution in [-0.2, 0) is 14.3 Å². The lowest BCUT2D eigenvalue weighted by Gasteiger charge is -2.12. The zero-order chi connectivity index (χ0) is 13.4. The molecule has 0 radical (unpaired) electrons. The van der Waals surface area contributed by atoms with E-state index in [0.717, 1.165) is 5.69 Å². The summed E-state index contributed by atoms with van der Waals surface area (Å²) >= 11 is 0. The van der Waals surface area contributed by atoms with E-state index < -0.39 is 6.04 Å². The Morgan fingerprint density at radius 1 is 1.28 bits per heavy atom. The lowest BCUT2D eigenvalue weighted by atomic mass is 10.3. The van der Waals surface area contributed by atoms with Crippen molar-refractivity contribution in [3.8, 4) is 0 Å². The van der Waals surface area contributed by atoms with Crippen LogP contribution in [0.25, 0.3) is 0 Å². The predicted octanol–water partition coefficient (Wildman–Crippen LogP) is 1.17. The maximum Gasteiger partial charge on any atom is 0.322 e. The smallest absolute Gasteiger partial charge is 0.322 e. The molecule has 1 unspecified atom stereocenters. The fourth-order valence-electron chi connectivity index (χ4n) is 1.32. The Balaban J connectivity index is 2.31. The van der Waals surface area contributed by atoms with Gasteiger partial charge in [-0.15, -0.1) is 0 Å². The van der Waals surface area contributed by atoms with Crippen LogP contribution in [0, 0.1) is 0 Å². The summed E-state index contributed by atoms with van der Waals surface area (Å²) in [6, 6.07) is 8.65. The molecule has 0 fully saturated rings. The molecule has 1 aromatic carbocycles.